The molecule has 0 atom stereocenters. The maximum atomic E-state index is 5.67. The van der Waals surface area contributed by atoms with Crippen LogP contribution in [-0.2, 0) is 13.0 Å². The summed E-state index contributed by atoms with van der Waals surface area (Å²) in [6.45, 7) is 11.6. The summed E-state index contributed by atoms with van der Waals surface area (Å²) in [6.07, 6.45) is 3.24. The van der Waals surface area contributed by atoms with Crippen LogP contribution >= 0.6 is 0 Å². The van der Waals surface area contributed by atoms with Gasteiger partial charge in [0.1, 0.15) is 11.3 Å². The fraction of sp³-hybridized carbons (Fsp3) is 0.647. The Labute approximate surface area is 138 Å². The molecule has 0 saturated heterocycles. The zero-order chi connectivity index (χ0) is 17.2. The van der Waals surface area contributed by atoms with Crippen LogP contribution in [0, 0.1) is 13.8 Å². The van der Waals surface area contributed by atoms with Crippen molar-refractivity contribution in [3.63, 3.8) is 0 Å². The van der Waals surface area contributed by atoms with Crippen LogP contribution in [0.3, 0.4) is 0 Å². The molecule has 6 heteroatoms. The number of nitrogens with zero attached hydrogens (tertiary/aromatic N) is 3. The summed E-state index contributed by atoms with van der Waals surface area (Å²) in [5.41, 5.74) is 6.85. The first-order valence-corrected chi connectivity index (χ1v) is 8.36. The second kappa shape index (κ2) is 6.84. The van der Waals surface area contributed by atoms with Crippen LogP contribution in [0.2, 0.25) is 0 Å². The number of pyridine rings is 1. The van der Waals surface area contributed by atoms with Crippen LogP contribution in [0.4, 0.5) is 5.82 Å². The highest BCUT2D eigenvalue weighted by atomic mass is 15.3. The van der Waals surface area contributed by atoms with E-state index in [-0.39, 0.29) is 5.54 Å². The Kier molecular flexibility index (Phi) is 5.26. The number of nitrogens with two attached hydrogens (primary N) is 1. The molecule has 0 unspecified atom stereocenters. The third-order valence-corrected chi connectivity index (χ3v) is 4.57. The molecule has 0 radical (unpaired) electrons. The average Bonchev–Trinajstić information content (AvgIpc) is 2.87. The Hall–Kier alpha value is -1.66. The molecular weight excluding hydrogens is 288 g/mol. The molecule has 2 aromatic heterocycles. The Balaban J connectivity index is 2.70. The Morgan fingerprint density at radius 1 is 1.22 bits per heavy atom. The number of anilines is 1. The fourth-order valence-corrected chi connectivity index (χ4v) is 2.79. The van der Waals surface area contributed by atoms with E-state index in [1.165, 1.54) is 5.56 Å². The summed E-state index contributed by atoms with van der Waals surface area (Å²) >= 11 is 0. The summed E-state index contributed by atoms with van der Waals surface area (Å²) < 4.78 is 2.34. The summed E-state index contributed by atoms with van der Waals surface area (Å²) in [5, 5.41) is 3.39. The summed E-state index contributed by atoms with van der Waals surface area (Å²) in [7, 11) is 2.00. The normalized spacial score (nSPS) is 12.1. The van der Waals surface area contributed by atoms with Crippen molar-refractivity contribution in [3.8, 4) is 0 Å². The maximum Gasteiger partial charge on any atom is 0.168 e. The van der Waals surface area contributed by atoms with Crippen LogP contribution in [0.5, 0.6) is 0 Å². The fourth-order valence-electron chi connectivity index (χ4n) is 2.79. The van der Waals surface area contributed by atoms with Crippen molar-refractivity contribution in [2.45, 2.75) is 66.0 Å². The molecule has 2 aromatic rings. The number of nitrogens with one attached hydrogen (secondary N) is 2. The monoisotopic (exact) mass is 318 g/mol. The molecule has 0 bridgehead atoms. The van der Waals surface area contributed by atoms with Crippen molar-refractivity contribution in [2.75, 3.05) is 12.5 Å². The van der Waals surface area contributed by atoms with Gasteiger partial charge in [0.2, 0.25) is 0 Å². The molecule has 6 nitrogen and oxygen atoms in total. The third-order valence-electron chi connectivity index (χ3n) is 4.57. The molecular formula is C17H30N6. The Morgan fingerprint density at radius 2 is 1.91 bits per heavy atom. The summed E-state index contributed by atoms with van der Waals surface area (Å²) in [4.78, 5) is 9.41. The van der Waals surface area contributed by atoms with Crippen molar-refractivity contribution in [2.24, 2.45) is 5.84 Å². The lowest BCUT2D eigenvalue weighted by molar-refractivity contribution is 0.361. The number of aromatic nitrogens is 3. The number of nitrogen functional groups attached to an aromatic ring is 1. The first-order chi connectivity index (χ1) is 10.8. The number of likely N-dealkylation sites (N-methyl/N-ethyl adjacent to an activating group) is 1. The smallest absolute Gasteiger partial charge is 0.168 e. The molecule has 23 heavy (non-hydrogen) atoms. The number of imidazole rings is 1. The van der Waals surface area contributed by atoms with Crippen LogP contribution in [0.25, 0.3) is 11.0 Å². The number of rotatable bonds is 7. The lowest BCUT2D eigenvalue weighted by Gasteiger charge is -2.26. The van der Waals surface area contributed by atoms with Gasteiger partial charge in [-0.15, -0.1) is 0 Å². The minimum atomic E-state index is -0.0193. The molecule has 0 spiro atoms. The second-order valence-electron chi connectivity index (χ2n) is 6.86. The van der Waals surface area contributed by atoms with Crippen LogP contribution in [0.15, 0.2) is 0 Å². The molecule has 0 aliphatic heterocycles. The topological polar surface area (TPSA) is 80.8 Å². The molecule has 0 aromatic carbocycles. The molecule has 0 amide bonds. The largest absolute Gasteiger partial charge is 0.326 e. The van der Waals surface area contributed by atoms with Gasteiger partial charge in [-0.1, -0.05) is 13.3 Å². The van der Waals surface area contributed by atoms with E-state index in [1.807, 2.05) is 14.0 Å². The number of aryl methyl sites for hydroxylation is 3. The molecule has 0 aliphatic rings. The van der Waals surface area contributed by atoms with Crippen molar-refractivity contribution >= 4 is 16.9 Å². The quantitative estimate of drug-likeness (QED) is 0.540. The van der Waals surface area contributed by atoms with E-state index in [0.29, 0.717) is 5.82 Å². The minimum absolute atomic E-state index is 0.0193. The van der Waals surface area contributed by atoms with Gasteiger partial charge in [-0.2, -0.15) is 0 Å². The molecule has 2 heterocycles. The highest BCUT2D eigenvalue weighted by Gasteiger charge is 2.23. The van der Waals surface area contributed by atoms with Gasteiger partial charge in [-0.25, -0.2) is 15.8 Å². The standard InChI is InChI=1S/C17H30N6/c1-7-8-9-13-21-14-15(23(13)10-17(4,5)19-6)11(2)12(3)20-16(14)22-18/h19H,7-10,18H2,1-6H3,(H,20,22). The highest BCUT2D eigenvalue weighted by Crippen LogP contribution is 2.29. The van der Waals surface area contributed by atoms with Crippen molar-refractivity contribution in [1.29, 1.82) is 0 Å². The molecule has 4 N–H and O–H groups in total. The lowest BCUT2D eigenvalue weighted by atomic mass is 10.1. The van der Waals surface area contributed by atoms with E-state index in [4.69, 9.17) is 10.8 Å². The summed E-state index contributed by atoms with van der Waals surface area (Å²) in [5.74, 6) is 7.44. The second-order valence-corrected chi connectivity index (χ2v) is 6.86. The van der Waals surface area contributed by atoms with E-state index in [0.717, 1.165) is 48.4 Å². The van der Waals surface area contributed by atoms with Crippen LogP contribution < -0.4 is 16.6 Å². The van der Waals surface area contributed by atoms with Gasteiger partial charge >= 0.3 is 0 Å². The molecule has 0 fully saturated rings. The summed E-state index contributed by atoms with van der Waals surface area (Å²) in [6, 6.07) is 0. The van der Waals surface area contributed by atoms with Crippen molar-refractivity contribution < 1.29 is 0 Å². The molecule has 128 valence electrons. The van der Waals surface area contributed by atoms with Crippen molar-refractivity contribution in [1.82, 2.24) is 19.9 Å². The van der Waals surface area contributed by atoms with E-state index in [2.05, 4.69) is 48.0 Å². The van der Waals surface area contributed by atoms with E-state index in [9.17, 15) is 0 Å². The lowest BCUT2D eigenvalue weighted by Crippen LogP contribution is -2.40. The van der Waals surface area contributed by atoms with E-state index >= 15 is 0 Å². The van der Waals surface area contributed by atoms with Crippen molar-refractivity contribution in [3.05, 3.63) is 17.1 Å². The minimum Gasteiger partial charge on any atom is -0.326 e. The van der Waals surface area contributed by atoms with Gasteiger partial charge in [-0.3, -0.25) is 0 Å². The van der Waals surface area contributed by atoms with Gasteiger partial charge in [-0.05, 0) is 46.7 Å². The van der Waals surface area contributed by atoms with Gasteiger partial charge < -0.3 is 15.3 Å². The Bertz CT molecular complexity index is 686. The number of fused-ring (bicyclic) bond motifs is 1. The van der Waals surface area contributed by atoms with E-state index in [1.54, 1.807) is 0 Å². The van der Waals surface area contributed by atoms with Gasteiger partial charge in [0.15, 0.2) is 5.82 Å². The number of hydrogen-bond donors (Lipinski definition) is 3. The molecule has 0 saturated carbocycles. The van der Waals surface area contributed by atoms with Gasteiger partial charge in [0.05, 0.1) is 5.52 Å². The number of hydrazine groups is 1. The maximum absolute atomic E-state index is 5.67. The van der Waals surface area contributed by atoms with E-state index < -0.39 is 0 Å². The molecule has 2 rings (SSSR count). The zero-order valence-electron chi connectivity index (χ0n) is 15.2. The first kappa shape index (κ1) is 17.7. The van der Waals surface area contributed by atoms with Gasteiger partial charge in [0.25, 0.3) is 0 Å². The number of hydrogen-bond acceptors (Lipinski definition) is 5. The predicted molar refractivity (Wildman–Crippen MR) is 96.6 cm³/mol. The number of unbranched alkanes of at least 4 members (excludes halogenated alkanes) is 1. The third kappa shape index (κ3) is 3.48. The predicted octanol–water partition coefficient (Wildman–Crippen LogP) is 2.67. The Morgan fingerprint density at radius 3 is 2.48 bits per heavy atom. The van der Waals surface area contributed by atoms with Crippen LogP contribution in [-0.4, -0.2) is 27.1 Å². The first-order valence-electron chi connectivity index (χ1n) is 8.36. The van der Waals surface area contributed by atoms with Crippen LogP contribution in [0.1, 0.15) is 50.7 Å². The van der Waals surface area contributed by atoms with Gasteiger partial charge in [0, 0.05) is 24.2 Å². The molecule has 0 aliphatic carbocycles. The average molecular weight is 318 g/mol. The highest BCUT2D eigenvalue weighted by molar-refractivity contribution is 5.89. The zero-order valence-corrected chi connectivity index (χ0v) is 15.2. The SMILES string of the molecule is CCCCc1nc2c(NN)nc(C)c(C)c2n1CC(C)(C)NC.